The average molecular weight is 424 g/mol. The van der Waals surface area contributed by atoms with Gasteiger partial charge in [0.1, 0.15) is 0 Å². The number of hydrogen-bond acceptors (Lipinski definition) is 4. The molecule has 1 N–H and O–H groups in total. The molecule has 0 saturated carbocycles. The summed E-state index contributed by atoms with van der Waals surface area (Å²) in [4.78, 5) is 5.96. The van der Waals surface area contributed by atoms with Crippen molar-refractivity contribution in [2.45, 2.75) is 33.2 Å². The summed E-state index contributed by atoms with van der Waals surface area (Å²) in [5.74, 6) is 0. The van der Waals surface area contributed by atoms with Gasteiger partial charge in [-0.2, -0.15) is 0 Å². The molecule has 0 aliphatic heterocycles. The number of hydrogen-bond donors (Lipinski definition) is 1. The third-order valence-corrected chi connectivity index (χ3v) is 6.44. The highest BCUT2D eigenvalue weighted by molar-refractivity contribution is 9.12. The van der Waals surface area contributed by atoms with Gasteiger partial charge < -0.3 is 5.32 Å². The van der Waals surface area contributed by atoms with Gasteiger partial charge in [0.05, 0.1) is 18.3 Å². The Morgan fingerprint density at radius 1 is 1.32 bits per heavy atom. The van der Waals surface area contributed by atoms with E-state index in [0.717, 1.165) is 22.4 Å². The van der Waals surface area contributed by atoms with Crippen LogP contribution in [0.4, 0.5) is 0 Å². The van der Waals surface area contributed by atoms with E-state index in [9.17, 15) is 0 Å². The molecular formula is C13H16Br2N2S2. The summed E-state index contributed by atoms with van der Waals surface area (Å²) in [5.41, 5.74) is 2.46. The highest BCUT2D eigenvalue weighted by Crippen LogP contribution is 2.37. The first-order valence-corrected chi connectivity index (χ1v) is 9.34. The largest absolute Gasteiger partial charge is 0.310 e. The molecule has 104 valence electrons. The highest BCUT2D eigenvalue weighted by Gasteiger charge is 2.18. The second-order valence-electron chi connectivity index (χ2n) is 4.34. The third kappa shape index (κ3) is 3.88. The Bertz CT molecular complexity index is 543. The monoisotopic (exact) mass is 422 g/mol. The number of likely N-dealkylation sites (N-methyl/N-ethyl adjacent to an activating group) is 1. The summed E-state index contributed by atoms with van der Waals surface area (Å²) in [6.07, 6.45) is 0.939. The number of aryl methyl sites for hydroxylation is 2. The smallest absolute Gasteiger partial charge is 0.0949 e. The van der Waals surface area contributed by atoms with Gasteiger partial charge >= 0.3 is 0 Å². The molecule has 0 aromatic carbocycles. The Morgan fingerprint density at radius 2 is 2.05 bits per heavy atom. The quantitative estimate of drug-likeness (QED) is 0.711. The SMILES string of the molecule is CCNC(Cc1nc(C)c(C)s1)c1cc(Br)sc1Br. The zero-order valence-electron chi connectivity index (χ0n) is 11.1. The number of thiophene rings is 1. The van der Waals surface area contributed by atoms with Crippen molar-refractivity contribution in [2.24, 2.45) is 0 Å². The van der Waals surface area contributed by atoms with E-state index in [1.165, 1.54) is 19.2 Å². The fourth-order valence-electron chi connectivity index (χ4n) is 1.93. The maximum absolute atomic E-state index is 4.65. The number of rotatable bonds is 5. The number of nitrogens with one attached hydrogen (secondary N) is 1. The van der Waals surface area contributed by atoms with Crippen molar-refractivity contribution in [1.29, 1.82) is 0 Å². The second kappa shape index (κ2) is 6.80. The Morgan fingerprint density at radius 3 is 2.53 bits per heavy atom. The molecule has 0 amide bonds. The van der Waals surface area contributed by atoms with Crippen LogP contribution >= 0.6 is 54.5 Å². The third-order valence-electron chi connectivity index (χ3n) is 2.96. The molecule has 0 fully saturated rings. The van der Waals surface area contributed by atoms with Gasteiger partial charge in [0.15, 0.2) is 0 Å². The van der Waals surface area contributed by atoms with Crippen LogP contribution in [0.3, 0.4) is 0 Å². The molecule has 2 heterocycles. The van der Waals surface area contributed by atoms with Crippen LogP contribution in [0.5, 0.6) is 0 Å². The Kier molecular flexibility index (Phi) is 5.60. The molecule has 0 radical (unpaired) electrons. The molecule has 2 rings (SSSR count). The minimum atomic E-state index is 0.312. The molecule has 19 heavy (non-hydrogen) atoms. The predicted molar refractivity (Wildman–Crippen MR) is 91.4 cm³/mol. The van der Waals surface area contributed by atoms with E-state index in [0.29, 0.717) is 6.04 Å². The van der Waals surface area contributed by atoms with E-state index in [2.05, 4.69) is 69.0 Å². The van der Waals surface area contributed by atoms with Gasteiger partial charge in [-0.15, -0.1) is 22.7 Å². The summed E-state index contributed by atoms with van der Waals surface area (Å²) < 4.78 is 2.35. The van der Waals surface area contributed by atoms with E-state index >= 15 is 0 Å². The standard InChI is InChI=1S/C13H16Br2N2S2/c1-4-16-10(9-5-11(14)19-13(9)15)6-12-17-7(2)8(3)18-12/h5,10,16H,4,6H2,1-3H3. The van der Waals surface area contributed by atoms with Gasteiger partial charge in [-0.1, -0.05) is 6.92 Å². The first kappa shape index (κ1) is 15.6. The molecule has 0 spiro atoms. The molecule has 1 atom stereocenters. The summed E-state index contributed by atoms with van der Waals surface area (Å²) in [6.45, 7) is 7.30. The fourth-order valence-corrected chi connectivity index (χ4v) is 5.88. The topological polar surface area (TPSA) is 24.9 Å². The Labute approximate surface area is 138 Å². The van der Waals surface area contributed by atoms with E-state index in [-0.39, 0.29) is 0 Å². The Hall–Kier alpha value is 0.250. The van der Waals surface area contributed by atoms with Gasteiger partial charge in [0, 0.05) is 17.3 Å². The van der Waals surface area contributed by atoms with Crippen molar-refractivity contribution in [3.05, 3.63) is 34.8 Å². The molecule has 2 aromatic heterocycles. The van der Waals surface area contributed by atoms with Crippen LogP contribution in [0.2, 0.25) is 0 Å². The predicted octanol–water partition coefficient (Wildman–Crippen LogP) is 5.24. The van der Waals surface area contributed by atoms with Crippen LogP contribution in [0.1, 0.15) is 34.1 Å². The van der Waals surface area contributed by atoms with Crippen molar-refractivity contribution < 1.29 is 0 Å². The van der Waals surface area contributed by atoms with Crippen molar-refractivity contribution in [2.75, 3.05) is 6.54 Å². The lowest BCUT2D eigenvalue weighted by Crippen LogP contribution is -2.22. The lowest BCUT2D eigenvalue weighted by atomic mass is 10.1. The maximum atomic E-state index is 4.65. The van der Waals surface area contributed by atoms with E-state index in [1.807, 2.05) is 0 Å². The first-order chi connectivity index (χ1) is 9.01. The molecule has 0 aliphatic carbocycles. The van der Waals surface area contributed by atoms with Crippen molar-refractivity contribution >= 4 is 54.5 Å². The lowest BCUT2D eigenvalue weighted by Gasteiger charge is -2.16. The van der Waals surface area contributed by atoms with Crippen LogP contribution in [0.25, 0.3) is 0 Å². The lowest BCUT2D eigenvalue weighted by molar-refractivity contribution is 0.548. The normalized spacial score (nSPS) is 12.9. The summed E-state index contributed by atoms with van der Waals surface area (Å²) >= 11 is 10.7. The summed E-state index contributed by atoms with van der Waals surface area (Å²) in [5, 5.41) is 4.76. The molecule has 6 heteroatoms. The zero-order chi connectivity index (χ0) is 14.0. The van der Waals surface area contributed by atoms with Gasteiger partial charge in [-0.3, -0.25) is 0 Å². The van der Waals surface area contributed by atoms with Crippen LogP contribution in [-0.2, 0) is 6.42 Å². The zero-order valence-corrected chi connectivity index (χ0v) is 15.9. The van der Waals surface area contributed by atoms with Crippen LogP contribution in [0.15, 0.2) is 13.6 Å². The first-order valence-electron chi connectivity index (χ1n) is 6.12. The molecule has 0 saturated heterocycles. The van der Waals surface area contributed by atoms with Gasteiger partial charge in [0.25, 0.3) is 0 Å². The van der Waals surface area contributed by atoms with E-state index in [4.69, 9.17) is 0 Å². The van der Waals surface area contributed by atoms with E-state index in [1.54, 1.807) is 22.7 Å². The molecule has 2 nitrogen and oxygen atoms in total. The van der Waals surface area contributed by atoms with Crippen molar-refractivity contribution in [3.63, 3.8) is 0 Å². The molecular weight excluding hydrogens is 408 g/mol. The van der Waals surface area contributed by atoms with Crippen molar-refractivity contribution in [1.82, 2.24) is 10.3 Å². The summed E-state index contributed by atoms with van der Waals surface area (Å²) in [6, 6.07) is 2.50. The number of nitrogens with zero attached hydrogens (tertiary/aromatic N) is 1. The van der Waals surface area contributed by atoms with Crippen LogP contribution < -0.4 is 5.32 Å². The molecule has 2 aromatic rings. The minimum absolute atomic E-state index is 0.312. The van der Waals surface area contributed by atoms with Gasteiger partial charge in [-0.05, 0) is 63.9 Å². The van der Waals surface area contributed by atoms with Crippen molar-refractivity contribution in [3.8, 4) is 0 Å². The summed E-state index contributed by atoms with van der Waals surface area (Å²) in [7, 11) is 0. The van der Waals surface area contributed by atoms with Gasteiger partial charge in [0.2, 0.25) is 0 Å². The average Bonchev–Trinajstić information content (AvgIpc) is 2.82. The number of halogens is 2. The van der Waals surface area contributed by atoms with E-state index < -0.39 is 0 Å². The van der Waals surface area contributed by atoms with Crippen LogP contribution in [-0.4, -0.2) is 11.5 Å². The molecule has 0 bridgehead atoms. The highest BCUT2D eigenvalue weighted by atomic mass is 79.9. The fraction of sp³-hybridized carbons (Fsp3) is 0.462. The molecule has 0 aliphatic rings. The second-order valence-corrected chi connectivity index (χ2v) is 9.38. The minimum Gasteiger partial charge on any atom is -0.310 e. The van der Waals surface area contributed by atoms with Gasteiger partial charge in [-0.25, -0.2) is 4.98 Å². The Balaban J connectivity index is 2.23. The number of aromatic nitrogens is 1. The molecule has 1 unspecified atom stereocenters. The van der Waals surface area contributed by atoms with Crippen LogP contribution in [0, 0.1) is 13.8 Å². The number of thiazole rings is 1. The maximum Gasteiger partial charge on any atom is 0.0949 e.